The number of nitrogens with one attached hydrogen (secondary N) is 1. The largest absolute Gasteiger partial charge is 0.392 e. The number of nitriles is 1. The topological polar surface area (TPSA) is 56.0 Å². The summed E-state index contributed by atoms with van der Waals surface area (Å²) in [5, 5.41) is 21.4. The molecule has 0 aromatic carbocycles. The first-order valence-corrected chi connectivity index (χ1v) is 5.20. The summed E-state index contributed by atoms with van der Waals surface area (Å²) in [6.45, 7) is 8.74. The van der Waals surface area contributed by atoms with E-state index in [0.29, 0.717) is 6.54 Å². The predicted octanol–water partition coefficient (Wildman–Crippen LogP) is 1.68. The van der Waals surface area contributed by atoms with Gasteiger partial charge < -0.3 is 5.11 Å². The molecule has 0 aliphatic rings. The lowest BCUT2D eigenvalue weighted by molar-refractivity contribution is 0.118. The molecule has 0 heterocycles. The summed E-state index contributed by atoms with van der Waals surface area (Å²) in [5.74, 6) is 0. The molecule has 82 valence electrons. The van der Waals surface area contributed by atoms with Crippen LogP contribution in [0.25, 0.3) is 0 Å². The van der Waals surface area contributed by atoms with E-state index in [-0.39, 0.29) is 17.6 Å². The van der Waals surface area contributed by atoms with E-state index >= 15 is 0 Å². The van der Waals surface area contributed by atoms with Gasteiger partial charge in [-0.3, -0.25) is 5.32 Å². The van der Waals surface area contributed by atoms with Gasteiger partial charge in [-0.05, 0) is 18.3 Å². The maximum atomic E-state index is 9.65. The van der Waals surface area contributed by atoms with Gasteiger partial charge in [-0.2, -0.15) is 5.26 Å². The Hall–Kier alpha value is -0.590. The molecule has 0 amide bonds. The van der Waals surface area contributed by atoms with Crippen molar-refractivity contribution in [2.45, 2.75) is 52.7 Å². The molecule has 3 heteroatoms. The minimum Gasteiger partial charge on any atom is -0.392 e. The summed E-state index contributed by atoms with van der Waals surface area (Å²) in [4.78, 5) is 0. The number of aliphatic hydroxyl groups is 1. The van der Waals surface area contributed by atoms with Crippen LogP contribution >= 0.6 is 0 Å². The molecule has 0 fully saturated rings. The molecule has 0 aromatic rings. The smallest absolute Gasteiger partial charge is 0.0951 e. The molecule has 0 saturated carbocycles. The molecule has 0 aromatic heterocycles. The van der Waals surface area contributed by atoms with Crippen LogP contribution in [0.15, 0.2) is 0 Å². The molecule has 3 nitrogen and oxygen atoms in total. The summed E-state index contributed by atoms with van der Waals surface area (Å²) >= 11 is 0. The van der Waals surface area contributed by atoms with Gasteiger partial charge in [0.25, 0.3) is 0 Å². The Balaban J connectivity index is 3.75. The van der Waals surface area contributed by atoms with E-state index in [4.69, 9.17) is 5.26 Å². The highest BCUT2D eigenvalue weighted by Crippen LogP contribution is 2.20. The van der Waals surface area contributed by atoms with Crippen LogP contribution < -0.4 is 5.32 Å². The van der Waals surface area contributed by atoms with E-state index in [9.17, 15) is 5.11 Å². The molecule has 0 rings (SSSR count). The number of nitrogens with zero attached hydrogens (tertiary/aromatic N) is 1. The molecular formula is C11H22N2O. The Labute approximate surface area is 87.1 Å². The SMILES string of the molecule is CCC(C#N)NCC(O)CC(C)(C)C. The lowest BCUT2D eigenvalue weighted by Gasteiger charge is -2.23. The minimum absolute atomic E-state index is 0.134. The first-order chi connectivity index (χ1) is 6.39. The maximum absolute atomic E-state index is 9.65. The van der Waals surface area contributed by atoms with Crippen LogP contribution in [0.3, 0.4) is 0 Å². The van der Waals surface area contributed by atoms with E-state index in [0.717, 1.165) is 12.8 Å². The predicted molar refractivity (Wildman–Crippen MR) is 57.8 cm³/mol. The van der Waals surface area contributed by atoms with E-state index in [2.05, 4.69) is 32.2 Å². The van der Waals surface area contributed by atoms with Crippen LogP contribution in [0.1, 0.15) is 40.5 Å². The third kappa shape index (κ3) is 6.88. The highest BCUT2D eigenvalue weighted by atomic mass is 16.3. The number of aliphatic hydroxyl groups excluding tert-OH is 1. The zero-order chi connectivity index (χ0) is 11.2. The Morgan fingerprint density at radius 3 is 2.36 bits per heavy atom. The van der Waals surface area contributed by atoms with Gasteiger partial charge >= 0.3 is 0 Å². The standard InChI is InChI=1S/C11H22N2O/c1-5-9(7-12)13-8-10(14)6-11(2,3)4/h9-10,13-14H,5-6,8H2,1-4H3. The molecule has 0 radical (unpaired) electrons. The molecule has 2 N–H and O–H groups in total. The Morgan fingerprint density at radius 1 is 1.43 bits per heavy atom. The van der Waals surface area contributed by atoms with Crippen LogP contribution in [0.5, 0.6) is 0 Å². The molecule has 0 spiro atoms. The van der Waals surface area contributed by atoms with E-state index in [1.54, 1.807) is 0 Å². The van der Waals surface area contributed by atoms with Crippen molar-refractivity contribution in [3.8, 4) is 6.07 Å². The second-order valence-corrected chi connectivity index (χ2v) is 4.92. The van der Waals surface area contributed by atoms with Gasteiger partial charge in [0, 0.05) is 6.54 Å². The quantitative estimate of drug-likeness (QED) is 0.706. The fourth-order valence-corrected chi connectivity index (χ4v) is 1.34. The third-order valence-electron chi connectivity index (χ3n) is 2.01. The van der Waals surface area contributed by atoms with Gasteiger partial charge in [0.15, 0.2) is 0 Å². The monoisotopic (exact) mass is 198 g/mol. The minimum atomic E-state index is -0.364. The van der Waals surface area contributed by atoms with Crippen molar-refractivity contribution in [3.63, 3.8) is 0 Å². The van der Waals surface area contributed by atoms with Crippen molar-refractivity contribution in [2.24, 2.45) is 5.41 Å². The zero-order valence-electron chi connectivity index (χ0n) is 9.67. The van der Waals surface area contributed by atoms with Gasteiger partial charge in [-0.15, -0.1) is 0 Å². The summed E-state index contributed by atoms with van der Waals surface area (Å²) in [6, 6.07) is 2.01. The van der Waals surface area contributed by atoms with Crippen LogP contribution in [0.4, 0.5) is 0 Å². The summed E-state index contributed by atoms with van der Waals surface area (Å²) in [7, 11) is 0. The molecule has 0 aliphatic heterocycles. The van der Waals surface area contributed by atoms with Crippen molar-refractivity contribution in [2.75, 3.05) is 6.54 Å². The Kier molecular flexibility index (Phi) is 5.75. The highest BCUT2D eigenvalue weighted by Gasteiger charge is 2.17. The molecule has 0 bridgehead atoms. The van der Waals surface area contributed by atoms with Crippen LogP contribution in [0, 0.1) is 16.7 Å². The molecule has 2 atom stereocenters. The average Bonchev–Trinajstić information content (AvgIpc) is 2.03. The number of rotatable bonds is 5. The molecule has 2 unspecified atom stereocenters. The fourth-order valence-electron chi connectivity index (χ4n) is 1.34. The summed E-state index contributed by atoms with van der Waals surface area (Å²) in [5.41, 5.74) is 0.134. The lowest BCUT2D eigenvalue weighted by atomic mass is 9.89. The van der Waals surface area contributed by atoms with Crippen LogP contribution in [-0.4, -0.2) is 23.8 Å². The normalized spacial score (nSPS) is 16.0. The van der Waals surface area contributed by atoms with Gasteiger partial charge in [-0.1, -0.05) is 27.7 Å². The van der Waals surface area contributed by atoms with Crippen molar-refractivity contribution in [1.29, 1.82) is 5.26 Å². The highest BCUT2D eigenvalue weighted by molar-refractivity contribution is 4.89. The molecule has 0 saturated heterocycles. The van der Waals surface area contributed by atoms with Crippen molar-refractivity contribution in [3.05, 3.63) is 0 Å². The van der Waals surface area contributed by atoms with Crippen molar-refractivity contribution in [1.82, 2.24) is 5.32 Å². The van der Waals surface area contributed by atoms with E-state index < -0.39 is 0 Å². The lowest BCUT2D eigenvalue weighted by Crippen LogP contribution is -2.36. The Bertz CT molecular complexity index is 190. The number of hydrogen-bond donors (Lipinski definition) is 2. The Morgan fingerprint density at radius 2 is 2.00 bits per heavy atom. The van der Waals surface area contributed by atoms with Gasteiger partial charge in [0.05, 0.1) is 18.2 Å². The first-order valence-electron chi connectivity index (χ1n) is 5.20. The van der Waals surface area contributed by atoms with E-state index in [1.807, 2.05) is 6.92 Å². The van der Waals surface area contributed by atoms with Gasteiger partial charge in [0.2, 0.25) is 0 Å². The van der Waals surface area contributed by atoms with Gasteiger partial charge in [-0.25, -0.2) is 0 Å². The van der Waals surface area contributed by atoms with Crippen LogP contribution in [0.2, 0.25) is 0 Å². The van der Waals surface area contributed by atoms with Crippen LogP contribution in [-0.2, 0) is 0 Å². The van der Waals surface area contributed by atoms with Crippen molar-refractivity contribution >= 4 is 0 Å². The average molecular weight is 198 g/mol. The van der Waals surface area contributed by atoms with Gasteiger partial charge in [0.1, 0.15) is 0 Å². The fraction of sp³-hybridized carbons (Fsp3) is 0.909. The molecule has 14 heavy (non-hydrogen) atoms. The summed E-state index contributed by atoms with van der Waals surface area (Å²) in [6.07, 6.45) is 1.16. The first kappa shape index (κ1) is 13.4. The number of hydrogen-bond acceptors (Lipinski definition) is 3. The zero-order valence-corrected chi connectivity index (χ0v) is 9.67. The molecule has 0 aliphatic carbocycles. The van der Waals surface area contributed by atoms with Crippen molar-refractivity contribution < 1.29 is 5.11 Å². The second-order valence-electron chi connectivity index (χ2n) is 4.92. The maximum Gasteiger partial charge on any atom is 0.0951 e. The van der Waals surface area contributed by atoms with E-state index in [1.165, 1.54) is 0 Å². The second kappa shape index (κ2) is 6.00. The third-order valence-corrected chi connectivity index (χ3v) is 2.01. The summed E-state index contributed by atoms with van der Waals surface area (Å²) < 4.78 is 0. The molecular weight excluding hydrogens is 176 g/mol.